The molecule has 0 saturated heterocycles. The SMILES string of the molecule is COCOc1ccc(/C=C/c2nc3cc(C)c(N(C)C(=O)O)cc3s2)cc1Br. The molecule has 0 atom stereocenters. The van der Waals surface area contributed by atoms with Crippen molar-refractivity contribution in [1.82, 2.24) is 4.98 Å². The molecule has 0 fully saturated rings. The second kappa shape index (κ2) is 8.72. The fourth-order valence-corrected chi connectivity index (χ4v) is 4.04. The highest BCUT2D eigenvalue weighted by Crippen LogP contribution is 2.31. The molecule has 3 rings (SSSR count). The number of carboxylic acid groups (broad SMARTS) is 1. The number of amides is 1. The third-order valence-electron chi connectivity index (χ3n) is 4.08. The Hall–Kier alpha value is -2.42. The predicted molar refractivity (Wildman–Crippen MR) is 116 cm³/mol. The highest BCUT2D eigenvalue weighted by molar-refractivity contribution is 9.10. The number of fused-ring (bicyclic) bond motifs is 1. The first-order valence-corrected chi connectivity index (χ1v) is 9.97. The number of methoxy groups -OCH3 is 1. The Bertz CT molecular complexity index is 1050. The summed E-state index contributed by atoms with van der Waals surface area (Å²) in [6.07, 6.45) is 2.92. The van der Waals surface area contributed by atoms with E-state index in [2.05, 4.69) is 20.9 Å². The molecule has 3 aromatic rings. The molecule has 8 heteroatoms. The first-order chi connectivity index (χ1) is 13.4. The van der Waals surface area contributed by atoms with Crippen LogP contribution in [-0.2, 0) is 4.74 Å². The number of ether oxygens (including phenoxy) is 2. The maximum absolute atomic E-state index is 11.2. The molecule has 1 aromatic heterocycles. The number of nitrogens with zero attached hydrogens (tertiary/aromatic N) is 2. The Labute approximate surface area is 175 Å². The molecule has 0 bridgehead atoms. The second-order valence-electron chi connectivity index (χ2n) is 6.07. The first kappa shape index (κ1) is 20.3. The molecule has 1 N–H and O–H groups in total. The molecule has 146 valence electrons. The van der Waals surface area contributed by atoms with E-state index in [9.17, 15) is 9.90 Å². The summed E-state index contributed by atoms with van der Waals surface area (Å²) in [7, 11) is 3.11. The minimum Gasteiger partial charge on any atom is -0.466 e. The Morgan fingerprint density at radius 1 is 1.32 bits per heavy atom. The highest BCUT2D eigenvalue weighted by Gasteiger charge is 2.14. The summed E-state index contributed by atoms with van der Waals surface area (Å²) in [5, 5.41) is 10.1. The van der Waals surface area contributed by atoms with E-state index in [1.165, 1.54) is 23.3 Å². The number of carbonyl (C=O) groups is 1. The number of rotatable bonds is 6. The van der Waals surface area contributed by atoms with Crippen LogP contribution in [-0.4, -0.2) is 37.1 Å². The fourth-order valence-electron chi connectivity index (χ4n) is 2.65. The number of aryl methyl sites for hydroxylation is 1. The molecule has 0 aliphatic rings. The van der Waals surface area contributed by atoms with Gasteiger partial charge in [-0.25, -0.2) is 9.78 Å². The molecule has 0 unspecified atom stereocenters. The number of anilines is 1. The lowest BCUT2D eigenvalue weighted by Crippen LogP contribution is -2.24. The molecule has 0 aliphatic heterocycles. The normalized spacial score (nSPS) is 11.3. The third kappa shape index (κ3) is 4.52. The van der Waals surface area contributed by atoms with E-state index < -0.39 is 6.09 Å². The number of hydrogen-bond donors (Lipinski definition) is 1. The minimum absolute atomic E-state index is 0.192. The topological polar surface area (TPSA) is 71.9 Å². The number of thiazole rings is 1. The van der Waals surface area contributed by atoms with E-state index in [1.807, 2.05) is 49.4 Å². The monoisotopic (exact) mass is 462 g/mol. The van der Waals surface area contributed by atoms with E-state index in [0.29, 0.717) is 11.4 Å². The second-order valence-corrected chi connectivity index (χ2v) is 7.99. The number of aromatic nitrogens is 1. The van der Waals surface area contributed by atoms with Gasteiger partial charge in [-0.2, -0.15) is 0 Å². The van der Waals surface area contributed by atoms with Crippen LogP contribution in [0.4, 0.5) is 10.5 Å². The van der Waals surface area contributed by atoms with Crippen LogP contribution in [0.5, 0.6) is 5.75 Å². The lowest BCUT2D eigenvalue weighted by atomic mass is 10.2. The summed E-state index contributed by atoms with van der Waals surface area (Å²) in [5.74, 6) is 0.713. The zero-order valence-electron chi connectivity index (χ0n) is 15.6. The molecule has 1 heterocycles. The van der Waals surface area contributed by atoms with Crippen LogP contribution in [0.25, 0.3) is 22.4 Å². The van der Waals surface area contributed by atoms with Crippen molar-refractivity contribution in [2.45, 2.75) is 6.92 Å². The largest absolute Gasteiger partial charge is 0.466 e. The van der Waals surface area contributed by atoms with E-state index in [-0.39, 0.29) is 6.79 Å². The molecule has 0 aliphatic carbocycles. The van der Waals surface area contributed by atoms with Crippen LogP contribution in [0.1, 0.15) is 16.1 Å². The van der Waals surface area contributed by atoms with Crippen molar-refractivity contribution in [2.75, 3.05) is 25.9 Å². The van der Waals surface area contributed by atoms with Gasteiger partial charge in [-0.3, -0.25) is 4.90 Å². The van der Waals surface area contributed by atoms with Gasteiger partial charge in [0.2, 0.25) is 0 Å². The van der Waals surface area contributed by atoms with Gasteiger partial charge in [0.1, 0.15) is 10.8 Å². The van der Waals surface area contributed by atoms with Gasteiger partial charge in [-0.15, -0.1) is 11.3 Å². The van der Waals surface area contributed by atoms with Crippen LogP contribution in [0.15, 0.2) is 34.8 Å². The predicted octanol–water partition coefficient (Wildman–Crippen LogP) is 5.63. The van der Waals surface area contributed by atoms with Gasteiger partial charge in [-0.1, -0.05) is 12.1 Å². The average Bonchev–Trinajstić information content (AvgIpc) is 3.06. The smallest absolute Gasteiger partial charge is 0.411 e. The minimum atomic E-state index is -0.990. The van der Waals surface area contributed by atoms with Crippen molar-refractivity contribution in [1.29, 1.82) is 0 Å². The van der Waals surface area contributed by atoms with E-state index >= 15 is 0 Å². The zero-order valence-corrected chi connectivity index (χ0v) is 18.0. The summed E-state index contributed by atoms with van der Waals surface area (Å²) >= 11 is 5.01. The molecule has 28 heavy (non-hydrogen) atoms. The van der Waals surface area contributed by atoms with Gasteiger partial charge in [0, 0.05) is 14.2 Å². The average molecular weight is 463 g/mol. The van der Waals surface area contributed by atoms with Crippen molar-refractivity contribution >= 4 is 61.4 Å². The Morgan fingerprint density at radius 3 is 2.79 bits per heavy atom. The zero-order chi connectivity index (χ0) is 20.3. The number of benzene rings is 2. The summed E-state index contributed by atoms with van der Waals surface area (Å²) in [4.78, 5) is 17.1. The van der Waals surface area contributed by atoms with Crippen LogP contribution in [0, 0.1) is 6.92 Å². The third-order valence-corrected chi connectivity index (χ3v) is 5.68. The van der Waals surface area contributed by atoms with E-state index in [0.717, 1.165) is 30.8 Å². The summed E-state index contributed by atoms with van der Waals surface area (Å²) in [5.41, 5.74) is 3.39. The lowest BCUT2D eigenvalue weighted by Gasteiger charge is -2.15. The molecule has 2 aromatic carbocycles. The lowest BCUT2D eigenvalue weighted by molar-refractivity contribution is 0.0506. The van der Waals surface area contributed by atoms with Gasteiger partial charge in [0.25, 0.3) is 0 Å². The number of halogens is 1. The molecule has 0 saturated carbocycles. The van der Waals surface area contributed by atoms with E-state index in [1.54, 1.807) is 7.11 Å². The van der Waals surface area contributed by atoms with Crippen molar-refractivity contribution < 1.29 is 19.4 Å². The van der Waals surface area contributed by atoms with Crippen molar-refractivity contribution in [2.24, 2.45) is 0 Å². The Morgan fingerprint density at radius 2 is 2.11 bits per heavy atom. The fraction of sp³-hybridized carbons (Fsp3) is 0.200. The van der Waals surface area contributed by atoms with E-state index in [4.69, 9.17) is 9.47 Å². The summed E-state index contributed by atoms with van der Waals surface area (Å²) in [6, 6.07) is 9.56. The molecule has 0 spiro atoms. The maximum atomic E-state index is 11.2. The summed E-state index contributed by atoms with van der Waals surface area (Å²) < 4.78 is 12.1. The van der Waals surface area contributed by atoms with Gasteiger partial charge < -0.3 is 14.6 Å². The highest BCUT2D eigenvalue weighted by atomic mass is 79.9. The maximum Gasteiger partial charge on any atom is 0.411 e. The van der Waals surface area contributed by atoms with Gasteiger partial charge in [0.15, 0.2) is 6.79 Å². The number of hydrogen-bond acceptors (Lipinski definition) is 5. The summed E-state index contributed by atoms with van der Waals surface area (Å²) in [6.45, 7) is 2.08. The van der Waals surface area contributed by atoms with Crippen LogP contribution in [0.2, 0.25) is 0 Å². The van der Waals surface area contributed by atoms with Crippen LogP contribution >= 0.6 is 27.3 Å². The molecular weight excluding hydrogens is 444 g/mol. The van der Waals surface area contributed by atoms with Crippen molar-refractivity contribution in [3.63, 3.8) is 0 Å². The Kier molecular flexibility index (Phi) is 6.33. The van der Waals surface area contributed by atoms with Gasteiger partial charge in [-0.05, 0) is 64.3 Å². The van der Waals surface area contributed by atoms with Gasteiger partial charge in [0.05, 0.1) is 20.4 Å². The van der Waals surface area contributed by atoms with Gasteiger partial charge >= 0.3 is 6.09 Å². The molecular formula is C20H19BrN2O4S. The van der Waals surface area contributed by atoms with Crippen LogP contribution < -0.4 is 9.64 Å². The van der Waals surface area contributed by atoms with Crippen LogP contribution in [0.3, 0.4) is 0 Å². The standard InChI is InChI=1S/C20H19BrN2O4S/c1-12-8-15-18(10-16(12)23(2)20(24)25)28-19(22-15)7-5-13-4-6-17(14(21)9-13)27-11-26-3/h4-10H,11H2,1-3H3,(H,24,25)/b7-5+. The quantitative estimate of drug-likeness (QED) is 0.480. The van der Waals surface area contributed by atoms with Crippen molar-refractivity contribution in [3.05, 3.63) is 50.9 Å². The molecule has 1 amide bonds. The molecule has 0 radical (unpaired) electrons. The molecule has 6 nitrogen and oxygen atoms in total. The Balaban J connectivity index is 1.84. The van der Waals surface area contributed by atoms with Crippen molar-refractivity contribution in [3.8, 4) is 5.75 Å². The first-order valence-electron chi connectivity index (χ1n) is 8.36.